The molecule has 2 nitrogen and oxygen atoms in total. The summed E-state index contributed by atoms with van der Waals surface area (Å²) in [5.74, 6) is 0.513. The zero-order valence-electron chi connectivity index (χ0n) is 6.33. The van der Waals surface area contributed by atoms with Crippen molar-refractivity contribution in [2.24, 2.45) is 5.92 Å². The number of hydrogen-bond acceptors (Lipinski definition) is 1. The van der Waals surface area contributed by atoms with Crippen molar-refractivity contribution in [2.45, 2.75) is 25.8 Å². The van der Waals surface area contributed by atoms with Crippen LogP contribution in [0.3, 0.4) is 0 Å². The maximum absolute atomic E-state index is 12.4. The second-order valence-electron chi connectivity index (χ2n) is 3.18. The molecule has 0 N–H and O–H groups in total. The Kier molecular flexibility index (Phi) is 1.64. The van der Waals surface area contributed by atoms with Gasteiger partial charge in [-0.3, -0.25) is 4.68 Å². The molecule has 1 saturated carbocycles. The molecule has 11 heavy (non-hydrogen) atoms. The predicted octanol–water partition coefficient (Wildman–Crippen LogP) is 1.82. The van der Waals surface area contributed by atoms with E-state index in [-0.39, 0.29) is 5.82 Å². The molecule has 0 saturated heterocycles. The Balaban J connectivity index is 1.95. The molecule has 0 bridgehead atoms. The first-order valence-corrected chi connectivity index (χ1v) is 4.02. The van der Waals surface area contributed by atoms with E-state index in [0.29, 0.717) is 0 Å². The summed E-state index contributed by atoms with van der Waals surface area (Å²) in [7, 11) is 0. The van der Waals surface area contributed by atoms with Crippen molar-refractivity contribution >= 4 is 0 Å². The first-order chi connectivity index (χ1) is 5.34. The van der Waals surface area contributed by atoms with E-state index in [2.05, 4.69) is 5.10 Å². The highest BCUT2D eigenvalue weighted by molar-refractivity contribution is 4.84. The number of rotatable bonds is 2. The van der Waals surface area contributed by atoms with Gasteiger partial charge in [-0.05, 0) is 18.8 Å². The van der Waals surface area contributed by atoms with E-state index in [1.165, 1.54) is 31.7 Å². The first-order valence-electron chi connectivity index (χ1n) is 4.02. The van der Waals surface area contributed by atoms with Crippen LogP contribution in [-0.4, -0.2) is 9.78 Å². The minimum atomic E-state index is -0.232. The highest BCUT2D eigenvalue weighted by Crippen LogP contribution is 2.27. The van der Waals surface area contributed by atoms with Crippen molar-refractivity contribution in [2.75, 3.05) is 0 Å². The molecule has 1 heterocycles. The number of aromatic nitrogens is 2. The lowest BCUT2D eigenvalue weighted by Gasteiger charge is -2.24. The van der Waals surface area contributed by atoms with Gasteiger partial charge >= 0.3 is 0 Å². The summed E-state index contributed by atoms with van der Waals surface area (Å²) in [4.78, 5) is 0. The Morgan fingerprint density at radius 1 is 1.64 bits per heavy atom. The average molecular weight is 154 g/mol. The summed E-state index contributed by atoms with van der Waals surface area (Å²) in [6.45, 7) is 0.893. The van der Waals surface area contributed by atoms with Gasteiger partial charge in [-0.15, -0.1) is 0 Å². The number of nitrogens with zero attached hydrogens (tertiary/aromatic N) is 2. The molecule has 60 valence electrons. The fourth-order valence-corrected chi connectivity index (χ4v) is 1.38. The van der Waals surface area contributed by atoms with E-state index in [0.717, 1.165) is 12.5 Å². The number of halogens is 1. The van der Waals surface area contributed by atoms with Gasteiger partial charge in [0, 0.05) is 6.54 Å². The van der Waals surface area contributed by atoms with Crippen molar-refractivity contribution < 1.29 is 4.39 Å². The van der Waals surface area contributed by atoms with Gasteiger partial charge in [0.25, 0.3) is 0 Å². The normalized spacial score (nSPS) is 18.3. The molecule has 0 spiro atoms. The Bertz CT molecular complexity index is 240. The summed E-state index contributed by atoms with van der Waals surface area (Å²) >= 11 is 0. The summed E-state index contributed by atoms with van der Waals surface area (Å²) in [5.41, 5.74) is 0. The molecule has 2 rings (SSSR count). The van der Waals surface area contributed by atoms with E-state index in [1.807, 2.05) is 0 Å². The Labute approximate surface area is 65.0 Å². The molecule has 1 aromatic rings. The Morgan fingerprint density at radius 3 is 2.91 bits per heavy atom. The third-order valence-electron chi connectivity index (χ3n) is 2.27. The minimum Gasteiger partial charge on any atom is -0.269 e. The second-order valence-corrected chi connectivity index (χ2v) is 3.18. The third-order valence-corrected chi connectivity index (χ3v) is 2.27. The minimum absolute atomic E-state index is 0.232. The molecule has 1 aliphatic carbocycles. The topological polar surface area (TPSA) is 17.8 Å². The van der Waals surface area contributed by atoms with Gasteiger partial charge in [0.1, 0.15) is 0 Å². The van der Waals surface area contributed by atoms with Gasteiger partial charge in [-0.1, -0.05) is 6.42 Å². The number of hydrogen-bond donors (Lipinski definition) is 0. The molecule has 0 unspecified atom stereocenters. The third kappa shape index (κ3) is 1.42. The van der Waals surface area contributed by atoms with Gasteiger partial charge in [-0.25, -0.2) is 4.39 Å². The van der Waals surface area contributed by atoms with Crippen LogP contribution in [0.4, 0.5) is 4.39 Å². The van der Waals surface area contributed by atoms with E-state index < -0.39 is 0 Å². The van der Waals surface area contributed by atoms with Gasteiger partial charge in [0.2, 0.25) is 0 Å². The SMILES string of the molecule is Fc1cnn(CC2CCC2)c1. The predicted molar refractivity (Wildman–Crippen MR) is 39.5 cm³/mol. The zero-order chi connectivity index (χ0) is 7.68. The molecule has 0 amide bonds. The average Bonchev–Trinajstić information content (AvgIpc) is 2.27. The smallest absolute Gasteiger partial charge is 0.161 e. The van der Waals surface area contributed by atoms with Crippen LogP contribution in [-0.2, 0) is 6.54 Å². The van der Waals surface area contributed by atoms with Crippen LogP contribution < -0.4 is 0 Å². The van der Waals surface area contributed by atoms with Crippen LogP contribution >= 0.6 is 0 Å². The lowest BCUT2D eigenvalue weighted by atomic mass is 9.85. The highest BCUT2D eigenvalue weighted by Gasteiger charge is 2.17. The Morgan fingerprint density at radius 2 is 2.45 bits per heavy atom. The zero-order valence-corrected chi connectivity index (χ0v) is 6.33. The maximum atomic E-state index is 12.4. The fraction of sp³-hybridized carbons (Fsp3) is 0.625. The van der Waals surface area contributed by atoms with Crippen molar-refractivity contribution in [3.63, 3.8) is 0 Å². The highest BCUT2D eigenvalue weighted by atomic mass is 19.1. The summed E-state index contributed by atoms with van der Waals surface area (Å²) in [5, 5.41) is 3.88. The first kappa shape index (κ1) is 6.83. The van der Waals surface area contributed by atoms with Crippen molar-refractivity contribution in [1.82, 2.24) is 9.78 Å². The van der Waals surface area contributed by atoms with Crippen LogP contribution in [0, 0.1) is 11.7 Å². The lowest BCUT2D eigenvalue weighted by molar-refractivity contribution is 0.266. The molecule has 0 radical (unpaired) electrons. The van der Waals surface area contributed by atoms with Crippen LogP contribution in [0.25, 0.3) is 0 Å². The molecular formula is C8H11FN2. The standard InChI is InChI=1S/C8H11FN2/c9-8-4-10-11(6-8)5-7-2-1-3-7/h4,6-7H,1-3,5H2. The van der Waals surface area contributed by atoms with Crippen molar-refractivity contribution in [3.05, 3.63) is 18.2 Å². The lowest BCUT2D eigenvalue weighted by Crippen LogP contribution is -2.18. The van der Waals surface area contributed by atoms with E-state index in [9.17, 15) is 4.39 Å². The molecular weight excluding hydrogens is 143 g/mol. The molecule has 3 heteroatoms. The van der Waals surface area contributed by atoms with Crippen LogP contribution in [0.15, 0.2) is 12.4 Å². The van der Waals surface area contributed by atoms with E-state index in [4.69, 9.17) is 0 Å². The molecule has 1 fully saturated rings. The largest absolute Gasteiger partial charge is 0.269 e. The van der Waals surface area contributed by atoms with Crippen LogP contribution in [0.5, 0.6) is 0 Å². The van der Waals surface area contributed by atoms with Crippen LogP contribution in [0.2, 0.25) is 0 Å². The van der Waals surface area contributed by atoms with Gasteiger partial charge in [0.15, 0.2) is 5.82 Å². The monoisotopic (exact) mass is 154 g/mol. The summed E-state index contributed by atoms with van der Waals surface area (Å²) in [6, 6.07) is 0. The second kappa shape index (κ2) is 2.64. The molecule has 1 aromatic heterocycles. The van der Waals surface area contributed by atoms with Gasteiger partial charge in [-0.2, -0.15) is 5.10 Å². The summed E-state index contributed by atoms with van der Waals surface area (Å²) < 4.78 is 14.1. The van der Waals surface area contributed by atoms with E-state index in [1.54, 1.807) is 4.68 Å². The molecule has 0 aromatic carbocycles. The maximum Gasteiger partial charge on any atom is 0.161 e. The van der Waals surface area contributed by atoms with Gasteiger partial charge < -0.3 is 0 Å². The quantitative estimate of drug-likeness (QED) is 0.635. The van der Waals surface area contributed by atoms with Crippen LogP contribution in [0.1, 0.15) is 19.3 Å². The van der Waals surface area contributed by atoms with Gasteiger partial charge in [0.05, 0.1) is 12.4 Å². The Hall–Kier alpha value is -0.860. The molecule has 0 atom stereocenters. The molecule has 0 aliphatic heterocycles. The van der Waals surface area contributed by atoms with Crippen molar-refractivity contribution in [3.8, 4) is 0 Å². The summed E-state index contributed by atoms with van der Waals surface area (Å²) in [6.07, 6.45) is 6.61. The van der Waals surface area contributed by atoms with E-state index >= 15 is 0 Å². The molecule has 1 aliphatic rings. The fourth-order valence-electron chi connectivity index (χ4n) is 1.38. The van der Waals surface area contributed by atoms with Crippen molar-refractivity contribution in [1.29, 1.82) is 0 Å².